The number of carbonyl (C=O) groups is 2. The Bertz CT molecular complexity index is 717. The van der Waals surface area contributed by atoms with E-state index in [9.17, 15) is 22.4 Å². The quantitative estimate of drug-likeness (QED) is 0.735. The van der Waals surface area contributed by atoms with Crippen molar-refractivity contribution in [3.05, 3.63) is 28.0 Å². The van der Waals surface area contributed by atoms with Gasteiger partial charge in [-0.1, -0.05) is 6.92 Å². The molecular weight excluding hydrogens is 365 g/mol. The fourth-order valence-corrected chi connectivity index (χ4v) is 3.66. The normalized spacial score (nSPS) is 14.7. The Balaban J connectivity index is 2.24. The summed E-state index contributed by atoms with van der Waals surface area (Å²) in [6, 6.07) is 2.18. The van der Waals surface area contributed by atoms with Crippen LogP contribution in [0.1, 0.15) is 23.7 Å². The summed E-state index contributed by atoms with van der Waals surface area (Å²) in [5.41, 5.74) is 0.311. The van der Waals surface area contributed by atoms with Gasteiger partial charge in [0, 0.05) is 16.8 Å². The number of nitrogens with zero attached hydrogens (tertiary/aromatic N) is 1. The van der Waals surface area contributed by atoms with Crippen molar-refractivity contribution < 1.29 is 22.4 Å². The van der Waals surface area contributed by atoms with E-state index < -0.39 is 27.3 Å². The second-order valence-corrected chi connectivity index (χ2v) is 7.99. The number of halogens is 2. The van der Waals surface area contributed by atoms with E-state index in [1.165, 1.54) is 11.0 Å². The lowest BCUT2D eigenvalue weighted by molar-refractivity contribution is -0.114. The zero-order chi connectivity index (χ0) is 15.8. The number of Topliss-reactive ketones (excluding diaryl/α,β-unsaturated/α-hetero) is 1. The molecule has 0 radical (unpaired) electrons. The molecule has 0 spiro atoms. The first kappa shape index (κ1) is 16.1. The molecule has 1 heterocycles. The Morgan fingerprint density at radius 1 is 1.29 bits per heavy atom. The van der Waals surface area contributed by atoms with Gasteiger partial charge in [-0.25, -0.2) is 12.8 Å². The summed E-state index contributed by atoms with van der Waals surface area (Å²) in [5, 5.41) is 0. The summed E-state index contributed by atoms with van der Waals surface area (Å²) in [4.78, 5) is 25.0. The van der Waals surface area contributed by atoms with Crippen molar-refractivity contribution in [2.45, 2.75) is 13.3 Å². The Hall–Kier alpha value is -1.28. The van der Waals surface area contributed by atoms with Crippen molar-refractivity contribution in [1.29, 1.82) is 0 Å². The van der Waals surface area contributed by atoms with E-state index in [0.29, 0.717) is 10.2 Å². The maximum absolute atomic E-state index is 13.3. The summed E-state index contributed by atoms with van der Waals surface area (Å²) in [5.74, 6) is -2.17. The lowest BCUT2D eigenvalue weighted by atomic mass is 10.1. The number of amides is 1. The largest absolute Gasteiger partial charge is 0.304 e. The molecule has 0 unspecified atom stereocenters. The molecule has 0 aliphatic carbocycles. The number of benzene rings is 1. The van der Waals surface area contributed by atoms with Gasteiger partial charge >= 0.3 is 0 Å². The zero-order valence-corrected chi connectivity index (χ0v) is 13.6. The highest BCUT2D eigenvalue weighted by Crippen LogP contribution is 2.36. The fourth-order valence-electron chi connectivity index (χ4n) is 2.15. The number of carbonyl (C=O) groups excluding carboxylic acids is 2. The zero-order valence-electron chi connectivity index (χ0n) is 11.2. The Labute approximate surface area is 130 Å². The molecule has 1 aliphatic heterocycles. The summed E-state index contributed by atoms with van der Waals surface area (Å²) in [7, 11) is -3.13. The second kappa shape index (κ2) is 5.84. The van der Waals surface area contributed by atoms with Gasteiger partial charge in [0.15, 0.2) is 0 Å². The van der Waals surface area contributed by atoms with Crippen molar-refractivity contribution in [3.63, 3.8) is 0 Å². The minimum atomic E-state index is -3.13. The first-order valence-electron chi connectivity index (χ1n) is 6.32. The predicted octanol–water partition coefficient (Wildman–Crippen LogP) is 1.94. The average Bonchev–Trinajstić information content (AvgIpc) is 2.64. The van der Waals surface area contributed by atoms with Crippen LogP contribution in [-0.2, 0) is 14.6 Å². The van der Waals surface area contributed by atoms with Gasteiger partial charge in [0.05, 0.1) is 17.0 Å². The summed E-state index contributed by atoms with van der Waals surface area (Å²) >= 11 is 3.13. The van der Waals surface area contributed by atoms with Crippen LogP contribution in [-0.4, -0.2) is 38.2 Å². The van der Waals surface area contributed by atoms with E-state index in [1.807, 2.05) is 0 Å². The van der Waals surface area contributed by atoms with E-state index in [4.69, 9.17) is 0 Å². The van der Waals surface area contributed by atoms with Crippen molar-refractivity contribution >= 4 is 43.1 Å². The van der Waals surface area contributed by atoms with Crippen molar-refractivity contribution in [2.75, 3.05) is 23.0 Å². The van der Waals surface area contributed by atoms with Crippen LogP contribution in [0.3, 0.4) is 0 Å². The SMILES string of the molecule is CCS(=O)(=O)CCCN1C(=O)C(=O)c2cc(F)cc(Br)c21. The molecule has 5 nitrogen and oxygen atoms in total. The summed E-state index contributed by atoms with van der Waals surface area (Å²) < 4.78 is 36.5. The fraction of sp³-hybridized carbons (Fsp3) is 0.385. The van der Waals surface area contributed by atoms with Crippen LogP contribution in [0.4, 0.5) is 10.1 Å². The van der Waals surface area contributed by atoms with Gasteiger partial charge in [-0.05, 0) is 34.5 Å². The lowest BCUT2D eigenvalue weighted by Crippen LogP contribution is -2.32. The molecule has 0 saturated heterocycles. The molecular formula is C13H13BrFNO4S. The molecule has 1 aliphatic rings. The summed E-state index contributed by atoms with van der Waals surface area (Å²) in [6.45, 7) is 1.65. The van der Waals surface area contributed by atoms with Crippen LogP contribution in [0.5, 0.6) is 0 Å². The molecule has 0 atom stereocenters. The van der Waals surface area contributed by atoms with Gasteiger partial charge in [-0.15, -0.1) is 0 Å². The third kappa shape index (κ3) is 3.16. The first-order chi connectivity index (χ1) is 9.76. The minimum absolute atomic E-state index is 0.00484. The van der Waals surface area contributed by atoms with Crippen LogP contribution < -0.4 is 4.90 Å². The number of sulfone groups is 1. The highest BCUT2D eigenvalue weighted by molar-refractivity contribution is 9.10. The Morgan fingerprint density at radius 3 is 2.57 bits per heavy atom. The van der Waals surface area contributed by atoms with Gasteiger partial charge in [-0.2, -0.15) is 0 Å². The van der Waals surface area contributed by atoms with Crippen LogP contribution >= 0.6 is 15.9 Å². The topological polar surface area (TPSA) is 71.5 Å². The van der Waals surface area contributed by atoms with Crippen molar-refractivity contribution in [3.8, 4) is 0 Å². The molecule has 2 rings (SSSR count). The van der Waals surface area contributed by atoms with E-state index in [0.717, 1.165) is 6.07 Å². The smallest absolute Gasteiger partial charge is 0.299 e. The number of hydrogen-bond acceptors (Lipinski definition) is 4. The third-order valence-electron chi connectivity index (χ3n) is 3.26. The standard InChI is InChI=1S/C13H13BrFNO4S/c1-2-21(19,20)5-3-4-16-11-9(12(17)13(16)18)6-8(15)7-10(11)14/h6-7H,2-5H2,1H3. The molecule has 0 bridgehead atoms. The molecule has 0 fully saturated rings. The molecule has 21 heavy (non-hydrogen) atoms. The van der Waals surface area contributed by atoms with Crippen LogP contribution in [0.15, 0.2) is 16.6 Å². The first-order valence-corrected chi connectivity index (χ1v) is 8.94. The molecule has 0 N–H and O–H groups in total. The van der Waals surface area contributed by atoms with Gasteiger partial charge in [0.1, 0.15) is 15.7 Å². The second-order valence-electron chi connectivity index (χ2n) is 4.66. The molecule has 0 aromatic heterocycles. The predicted molar refractivity (Wildman–Crippen MR) is 79.7 cm³/mol. The van der Waals surface area contributed by atoms with Gasteiger partial charge in [0.2, 0.25) is 0 Å². The molecule has 114 valence electrons. The number of rotatable bonds is 5. The van der Waals surface area contributed by atoms with E-state index >= 15 is 0 Å². The van der Waals surface area contributed by atoms with Gasteiger partial charge < -0.3 is 4.90 Å². The molecule has 1 aromatic rings. The number of hydrogen-bond donors (Lipinski definition) is 0. The third-order valence-corrected chi connectivity index (χ3v) is 5.65. The molecule has 8 heteroatoms. The lowest BCUT2D eigenvalue weighted by Gasteiger charge is -2.17. The van der Waals surface area contributed by atoms with E-state index in [2.05, 4.69) is 15.9 Å². The maximum atomic E-state index is 13.3. The Kier molecular flexibility index (Phi) is 4.48. The number of fused-ring (bicyclic) bond motifs is 1. The highest BCUT2D eigenvalue weighted by Gasteiger charge is 2.37. The molecule has 1 amide bonds. The van der Waals surface area contributed by atoms with Gasteiger partial charge in [-0.3, -0.25) is 9.59 Å². The van der Waals surface area contributed by atoms with Crippen molar-refractivity contribution in [2.24, 2.45) is 0 Å². The van der Waals surface area contributed by atoms with Gasteiger partial charge in [0.25, 0.3) is 11.7 Å². The highest BCUT2D eigenvalue weighted by atomic mass is 79.9. The minimum Gasteiger partial charge on any atom is -0.304 e. The molecule has 1 aromatic carbocycles. The monoisotopic (exact) mass is 377 g/mol. The van der Waals surface area contributed by atoms with E-state index in [1.54, 1.807) is 6.92 Å². The van der Waals surface area contributed by atoms with E-state index in [-0.39, 0.29) is 30.0 Å². The maximum Gasteiger partial charge on any atom is 0.299 e. The Morgan fingerprint density at radius 2 is 1.95 bits per heavy atom. The summed E-state index contributed by atoms with van der Waals surface area (Å²) in [6.07, 6.45) is 0.221. The number of ketones is 1. The van der Waals surface area contributed by atoms with Crippen LogP contribution in [0.2, 0.25) is 0 Å². The molecule has 0 saturated carbocycles. The van der Waals surface area contributed by atoms with Crippen LogP contribution in [0.25, 0.3) is 0 Å². The van der Waals surface area contributed by atoms with Crippen LogP contribution in [0, 0.1) is 5.82 Å². The van der Waals surface area contributed by atoms with Crippen molar-refractivity contribution in [1.82, 2.24) is 0 Å². The average molecular weight is 378 g/mol. The number of anilines is 1.